The van der Waals surface area contributed by atoms with Crippen molar-refractivity contribution in [1.82, 2.24) is 5.32 Å². The van der Waals surface area contributed by atoms with Crippen LogP contribution in [0.25, 0.3) is 0 Å². The molecule has 0 aromatic heterocycles. The summed E-state index contributed by atoms with van der Waals surface area (Å²) in [5.74, 6) is -0.768. The number of esters is 1. The molecule has 0 bridgehead atoms. The highest BCUT2D eigenvalue weighted by Crippen LogP contribution is 2.44. The molecule has 0 radical (unpaired) electrons. The smallest absolute Gasteiger partial charge is 0.336 e. The van der Waals surface area contributed by atoms with Crippen molar-refractivity contribution in [3.8, 4) is 0 Å². The number of rotatable bonds is 5. The van der Waals surface area contributed by atoms with Gasteiger partial charge in [0.15, 0.2) is 5.78 Å². The maximum absolute atomic E-state index is 12.9. The average molecular weight is 374 g/mol. The second kappa shape index (κ2) is 8.09. The van der Waals surface area contributed by atoms with Crippen LogP contribution in [-0.4, -0.2) is 18.4 Å². The zero-order valence-corrected chi connectivity index (χ0v) is 16.0. The van der Waals surface area contributed by atoms with Gasteiger partial charge in [-0.3, -0.25) is 4.79 Å². The van der Waals surface area contributed by atoms with E-state index in [4.69, 9.17) is 16.3 Å². The highest BCUT2D eigenvalue weighted by Gasteiger charge is 2.39. The fourth-order valence-electron chi connectivity index (χ4n) is 3.66. The van der Waals surface area contributed by atoms with Crippen LogP contribution >= 0.6 is 11.6 Å². The Morgan fingerprint density at radius 3 is 2.81 bits per heavy atom. The summed E-state index contributed by atoms with van der Waals surface area (Å²) in [5.41, 5.74) is 3.58. The van der Waals surface area contributed by atoms with E-state index in [9.17, 15) is 9.59 Å². The third kappa shape index (κ3) is 3.56. The standard InChI is InChI=1S/C21H24ClNO3/c1-3-4-12-26-21(25)18-13(2)23-16-10-7-11-17(24)20(16)19(18)14-8-5-6-9-15(14)22/h5-6,8-9,19,23H,3-4,7,10-12H2,1-2H3/t19-/m1/s1. The molecule has 26 heavy (non-hydrogen) atoms. The van der Waals surface area contributed by atoms with Gasteiger partial charge >= 0.3 is 5.97 Å². The highest BCUT2D eigenvalue weighted by molar-refractivity contribution is 6.31. The summed E-state index contributed by atoms with van der Waals surface area (Å²) in [4.78, 5) is 25.6. The molecule has 1 heterocycles. The van der Waals surface area contributed by atoms with Gasteiger partial charge in [0.2, 0.25) is 0 Å². The summed E-state index contributed by atoms with van der Waals surface area (Å²) in [5, 5.41) is 3.84. The van der Waals surface area contributed by atoms with Gasteiger partial charge in [0, 0.05) is 34.3 Å². The number of hydrogen-bond acceptors (Lipinski definition) is 4. The normalized spacial score (nSPS) is 20.0. The maximum atomic E-state index is 12.9. The Labute approximate surface area is 159 Å². The van der Waals surface area contributed by atoms with Gasteiger partial charge in [0.1, 0.15) is 0 Å². The molecule has 0 saturated carbocycles. The van der Waals surface area contributed by atoms with E-state index in [-0.39, 0.29) is 11.8 Å². The van der Waals surface area contributed by atoms with E-state index in [2.05, 4.69) is 5.32 Å². The number of unbranched alkanes of at least 4 members (excludes halogenated alkanes) is 1. The Morgan fingerprint density at radius 2 is 2.08 bits per heavy atom. The number of carbonyl (C=O) groups excluding carboxylic acids is 2. The Hall–Kier alpha value is -2.07. The lowest BCUT2D eigenvalue weighted by atomic mass is 9.75. The molecular weight excluding hydrogens is 350 g/mol. The Balaban J connectivity index is 2.07. The molecule has 0 spiro atoms. The number of nitrogens with one attached hydrogen (secondary N) is 1. The van der Waals surface area contributed by atoms with Crippen LogP contribution in [0.2, 0.25) is 5.02 Å². The number of allylic oxidation sites excluding steroid dienone is 3. The molecule has 1 atom stereocenters. The first-order valence-electron chi connectivity index (χ1n) is 9.20. The summed E-state index contributed by atoms with van der Waals surface area (Å²) < 4.78 is 5.49. The second-order valence-corrected chi connectivity index (χ2v) is 7.18. The van der Waals surface area contributed by atoms with Crippen LogP contribution in [-0.2, 0) is 14.3 Å². The minimum Gasteiger partial charge on any atom is -0.462 e. The Kier molecular flexibility index (Phi) is 5.82. The van der Waals surface area contributed by atoms with Gasteiger partial charge in [0.25, 0.3) is 0 Å². The van der Waals surface area contributed by atoms with Crippen LogP contribution in [0, 0.1) is 0 Å². The number of halogens is 1. The third-order valence-corrected chi connectivity index (χ3v) is 5.29. The molecule has 4 nitrogen and oxygen atoms in total. The van der Waals surface area contributed by atoms with Gasteiger partial charge in [-0.1, -0.05) is 43.1 Å². The Bertz CT molecular complexity index is 794. The number of ether oxygens (including phenoxy) is 1. The number of dihydropyridines is 1. The minimum atomic E-state index is -0.470. The largest absolute Gasteiger partial charge is 0.462 e. The van der Waals surface area contributed by atoms with E-state index in [1.165, 1.54) is 0 Å². The topological polar surface area (TPSA) is 55.4 Å². The van der Waals surface area contributed by atoms with Crippen molar-refractivity contribution in [3.63, 3.8) is 0 Å². The SMILES string of the molecule is CCCCOC(=O)C1=C(C)NC2=C(C(=O)CCC2)[C@@H]1c1ccccc1Cl. The predicted molar refractivity (Wildman–Crippen MR) is 102 cm³/mol. The molecule has 1 aliphatic heterocycles. The monoisotopic (exact) mass is 373 g/mol. The first-order valence-corrected chi connectivity index (χ1v) is 9.58. The van der Waals surface area contributed by atoms with Gasteiger partial charge in [0.05, 0.1) is 12.2 Å². The maximum Gasteiger partial charge on any atom is 0.336 e. The lowest BCUT2D eigenvalue weighted by Gasteiger charge is -2.34. The minimum absolute atomic E-state index is 0.0787. The molecule has 1 N–H and O–H groups in total. The molecule has 0 amide bonds. The molecule has 5 heteroatoms. The van der Waals surface area contributed by atoms with Crippen LogP contribution in [0.5, 0.6) is 0 Å². The number of carbonyl (C=O) groups is 2. The molecule has 1 aromatic rings. The molecule has 138 valence electrons. The van der Waals surface area contributed by atoms with Crippen LogP contribution in [0.4, 0.5) is 0 Å². The third-order valence-electron chi connectivity index (χ3n) is 4.94. The van der Waals surface area contributed by atoms with E-state index in [0.717, 1.165) is 42.6 Å². The summed E-state index contributed by atoms with van der Waals surface area (Å²) in [6, 6.07) is 7.41. The van der Waals surface area contributed by atoms with Crippen molar-refractivity contribution in [2.45, 2.75) is 51.9 Å². The zero-order valence-electron chi connectivity index (χ0n) is 15.2. The van der Waals surface area contributed by atoms with Gasteiger partial charge < -0.3 is 10.1 Å². The first-order chi connectivity index (χ1) is 12.5. The lowest BCUT2D eigenvalue weighted by molar-refractivity contribution is -0.139. The molecule has 0 fully saturated rings. The van der Waals surface area contributed by atoms with Crippen LogP contribution in [0.3, 0.4) is 0 Å². The quantitative estimate of drug-likeness (QED) is 0.602. The molecule has 0 saturated heterocycles. The van der Waals surface area contributed by atoms with Crippen molar-refractivity contribution < 1.29 is 14.3 Å². The summed E-state index contributed by atoms with van der Waals surface area (Å²) in [6.45, 7) is 4.29. The van der Waals surface area contributed by atoms with Crippen molar-refractivity contribution >= 4 is 23.4 Å². The van der Waals surface area contributed by atoms with E-state index >= 15 is 0 Å². The van der Waals surface area contributed by atoms with Crippen LogP contribution in [0.1, 0.15) is 57.4 Å². The first kappa shape index (κ1) is 18.7. The molecular formula is C21H24ClNO3. The molecule has 1 aliphatic carbocycles. The molecule has 0 unspecified atom stereocenters. The van der Waals surface area contributed by atoms with Gasteiger partial charge in [-0.05, 0) is 37.8 Å². The van der Waals surface area contributed by atoms with Crippen molar-refractivity contribution in [3.05, 3.63) is 57.4 Å². The summed E-state index contributed by atoms with van der Waals surface area (Å²) >= 11 is 6.45. The summed E-state index contributed by atoms with van der Waals surface area (Å²) in [7, 11) is 0. The number of hydrogen-bond donors (Lipinski definition) is 1. The Morgan fingerprint density at radius 1 is 1.31 bits per heavy atom. The van der Waals surface area contributed by atoms with Crippen LogP contribution in [0.15, 0.2) is 46.8 Å². The van der Waals surface area contributed by atoms with E-state index < -0.39 is 5.92 Å². The van der Waals surface area contributed by atoms with Crippen molar-refractivity contribution in [1.29, 1.82) is 0 Å². The zero-order chi connectivity index (χ0) is 18.7. The number of ketones is 1. The van der Waals surface area contributed by atoms with E-state index in [1.807, 2.05) is 32.0 Å². The summed E-state index contributed by atoms with van der Waals surface area (Å²) in [6.07, 6.45) is 3.89. The van der Waals surface area contributed by atoms with Gasteiger partial charge in [-0.15, -0.1) is 0 Å². The molecule has 3 rings (SSSR count). The average Bonchev–Trinajstić information content (AvgIpc) is 2.61. The fraction of sp³-hybridized carbons (Fsp3) is 0.429. The lowest BCUT2D eigenvalue weighted by Crippen LogP contribution is -2.34. The van der Waals surface area contributed by atoms with E-state index in [1.54, 1.807) is 6.07 Å². The number of benzene rings is 1. The predicted octanol–water partition coefficient (Wildman–Crippen LogP) is 4.65. The van der Waals surface area contributed by atoms with Crippen molar-refractivity contribution in [2.24, 2.45) is 0 Å². The fourth-order valence-corrected chi connectivity index (χ4v) is 3.91. The molecule has 1 aromatic carbocycles. The van der Waals surface area contributed by atoms with E-state index in [0.29, 0.717) is 29.2 Å². The number of Topliss-reactive ketones (excluding diaryl/α,β-unsaturated/α-hetero) is 1. The van der Waals surface area contributed by atoms with Crippen LogP contribution < -0.4 is 5.32 Å². The van der Waals surface area contributed by atoms with Crippen molar-refractivity contribution in [2.75, 3.05) is 6.61 Å². The molecule has 2 aliphatic rings. The highest BCUT2D eigenvalue weighted by atomic mass is 35.5. The van der Waals surface area contributed by atoms with Gasteiger partial charge in [-0.25, -0.2) is 4.79 Å². The second-order valence-electron chi connectivity index (χ2n) is 6.78. The van der Waals surface area contributed by atoms with Gasteiger partial charge in [-0.2, -0.15) is 0 Å².